The monoisotopic (exact) mass is 318 g/mol. The van der Waals surface area contributed by atoms with Crippen LogP contribution in [0.4, 0.5) is 4.39 Å². The predicted octanol–water partition coefficient (Wildman–Crippen LogP) is 5.19. The number of alkyl halides is 1. The Hall–Kier alpha value is -1.15. The van der Waals surface area contributed by atoms with Crippen molar-refractivity contribution in [1.82, 2.24) is 0 Å². The zero-order valence-electron chi connectivity index (χ0n) is 10.7. The second-order valence-corrected chi connectivity index (χ2v) is 6.03. The fourth-order valence-corrected chi connectivity index (χ4v) is 3.43. The van der Waals surface area contributed by atoms with Gasteiger partial charge in [0.15, 0.2) is 0 Å². The fraction of sp³-hybridized carbons (Fsp3) is 0.294. The van der Waals surface area contributed by atoms with Crippen molar-refractivity contribution in [3.8, 4) is 0 Å². The van der Waals surface area contributed by atoms with E-state index in [0.29, 0.717) is 5.56 Å². The average Bonchev–Trinajstić information content (AvgIpc) is 2.46. The molecule has 2 aromatic rings. The molecule has 0 amide bonds. The van der Waals surface area contributed by atoms with Crippen molar-refractivity contribution in [2.24, 2.45) is 0 Å². The van der Waals surface area contributed by atoms with Gasteiger partial charge in [-0.05, 0) is 48.4 Å². The molecule has 0 spiro atoms. The Morgan fingerprint density at radius 3 is 2.47 bits per heavy atom. The number of aryl methyl sites for hydroxylation is 2. The Labute approximate surface area is 121 Å². The number of hydrogen-bond donors (Lipinski definition) is 0. The van der Waals surface area contributed by atoms with Crippen molar-refractivity contribution in [1.29, 1.82) is 0 Å². The summed E-state index contributed by atoms with van der Waals surface area (Å²) in [5.41, 5.74) is 4.75. The minimum atomic E-state index is -0.151. The molecular formula is C17H16BrF. The van der Waals surface area contributed by atoms with E-state index in [9.17, 15) is 4.39 Å². The standard InChI is InChI=1S/C17H16BrF/c18-17(15-7-3-4-8-16(15)19)14-10-9-12-5-1-2-6-13(12)11-14/h3-4,7-11,17H,1-2,5-6H2. The number of halogens is 2. The molecular weight excluding hydrogens is 303 g/mol. The number of fused-ring (bicyclic) bond motifs is 1. The highest BCUT2D eigenvalue weighted by molar-refractivity contribution is 9.09. The third-order valence-electron chi connectivity index (χ3n) is 3.84. The Bertz CT molecular complexity index is 592. The summed E-state index contributed by atoms with van der Waals surface area (Å²) in [4.78, 5) is -0.0686. The molecule has 1 unspecified atom stereocenters. The topological polar surface area (TPSA) is 0 Å². The number of benzene rings is 2. The summed E-state index contributed by atoms with van der Waals surface area (Å²) >= 11 is 3.63. The highest BCUT2D eigenvalue weighted by Gasteiger charge is 2.17. The van der Waals surface area contributed by atoms with E-state index in [1.807, 2.05) is 12.1 Å². The van der Waals surface area contributed by atoms with Gasteiger partial charge in [-0.25, -0.2) is 4.39 Å². The summed E-state index contributed by atoms with van der Waals surface area (Å²) in [6, 6.07) is 13.5. The molecule has 0 N–H and O–H groups in total. The molecule has 1 aliphatic carbocycles. The van der Waals surface area contributed by atoms with E-state index < -0.39 is 0 Å². The predicted molar refractivity (Wildman–Crippen MR) is 80.3 cm³/mol. The third-order valence-corrected chi connectivity index (χ3v) is 4.87. The van der Waals surface area contributed by atoms with Crippen molar-refractivity contribution in [2.75, 3.05) is 0 Å². The second kappa shape index (κ2) is 5.46. The van der Waals surface area contributed by atoms with Gasteiger partial charge in [0, 0.05) is 5.56 Å². The Balaban J connectivity index is 1.96. The van der Waals surface area contributed by atoms with Gasteiger partial charge in [0.2, 0.25) is 0 Å². The summed E-state index contributed by atoms with van der Waals surface area (Å²) in [6.45, 7) is 0. The highest BCUT2D eigenvalue weighted by Crippen LogP contribution is 2.34. The maximum absolute atomic E-state index is 13.8. The van der Waals surface area contributed by atoms with E-state index in [0.717, 1.165) is 12.0 Å². The van der Waals surface area contributed by atoms with Crippen LogP contribution in [0.25, 0.3) is 0 Å². The van der Waals surface area contributed by atoms with Crippen LogP contribution in [0, 0.1) is 5.82 Å². The summed E-state index contributed by atoms with van der Waals surface area (Å²) in [5.74, 6) is -0.151. The van der Waals surface area contributed by atoms with E-state index in [1.54, 1.807) is 6.07 Å². The number of rotatable bonds is 2. The number of hydrogen-bond acceptors (Lipinski definition) is 0. The summed E-state index contributed by atoms with van der Waals surface area (Å²) < 4.78 is 13.8. The zero-order chi connectivity index (χ0) is 13.2. The highest BCUT2D eigenvalue weighted by atomic mass is 79.9. The lowest BCUT2D eigenvalue weighted by atomic mass is 9.89. The molecule has 2 heteroatoms. The van der Waals surface area contributed by atoms with Crippen LogP contribution in [0.2, 0.25) is 0 Å². The molecule has 0 saturated heterocycles. The lowest BCUT2D eigenvalue weighted by Crippen LogP contribution is -2.04. The molecule has 0 heterocycles. The van der Waals surface area contributed by atoms with Crippen molar-refractivity contribution >= 4 is 15.9 Å². The first-order valence-electron chi connectivity index (χ1n) is 6.76. The molecule has 0 aromatic heterocycles. The van der Waals surface area contributed by atoms with Crippen LogP contribution < -0.4 is 0 Å². The third kappa shape index (κ3) is 2.59. The fourth-order valence-electron chi connectivity index (χ4n) is 2.77. The van der Waals surface area contributed by atoms with Crippen LogP contribution in [0.3, 0.4) is 0 Å². The van der Waals surface area contributed by atoms with Gasteiger partial charge >= 0.3 is 0 Å². The van der Waals surface area contributed by atoms with E-state index in [-0.39, 0.29) is 10.6 Å². The molecule has 0 bridgehead atoms. The first-order chi connectivity index (χ1) is 9.25. The molecule has 0 saturated carbocycles. The summed E-state index contributed by atoms with van der Waals surface area (Å²) in [5, 5.41) is 0. The van der Waals surface area contributed by atoms with Crippen LogP contribution >= 0.6 is 15.9 Å². The van der Waals surface area contributed by atoms with Crippen LogP contribution in [-0.4, -0.2) is 0 Å². The van der Waals surface area contributed by atoms with Crippen LogP contribution in [0.15, 0.2) is 42.5 Å². The minimum absolute atomic E-state index is 0.0686. The molecule has 1 atom stereocenters. The van der Waals surface area contributed by atoms with Gasteiger partial charge in [0.1, 0.15) is 5.82 Å². The molecule has 3 rings (SSSR count). The van der Waals surface area contributed by atoms with Crippen LogP contribution in [0.1, 0.15) is 39.9 Å². The minimum Gasteiger partial charge on any atom is -0.207 e. The summed E-state index contributed by atoms with van der Waals surface area (Å²) in [7, 11) is 0. The van der Waals surface area contributed by atoms with Gasteiger partial charge in [-0.15, -0.1) is 0 Å². The van der Waals surface area contributed by atoms with Gasteiger partial charge in [-0.2, -0.15) is 0 Å². The van der Waals surface area contributed by atoms with E-state index in [2.05, 4.69) is 34.1 Å². The van der Waals surface area contributed by atoms with E-state index >= 15 is 0 Å². The molecule has 1 aliphatic rings. The quantitative estimate of drug-likeness (QED) is 0.668. The van der Waals surface area contributed by atoms with Gasteiger partial charge in [-0.3, -0.25) is 0 Å². The van der Waals surface area contributed by atoms with Crippen LogP contribution in [0.5, 0.6) is 0 Å². The van der Waals surface area contributed by atoms with Crippen molar-refractivity contribution in [3.63, 3.8) is 0 Å². The maximum atomic E-state index is 13.8. The van der Waals surface area contributed by atoms with Crippen LogP contribution in [-0.2, 0) is 12.8 Å². The smallest absolute Gasteiger partial charge is 0.127 e. The van der Waals surface area contributed by atoms with Gasteiger partial charge < -0.3 is 0 Å². The molecule has 2 aromatic carbocycles. The maximum Gasteiger partial charge on any atom is 0.127 e. The van der Waals surface area contributed by atoms with E-state index in [1.165, 1.54) is 36.5 Å². The molecule has 0 radical (unpaired) electrons. The molecule has 0 nitrogen and oxygen atoms in total. The van der Waals surface area contributed by atoms with Gasteiger partial charge in [0.25, 0.3) is 0 Å². The molecule has 0 aliphatic heterocycles. The Morgan fingerprint density at radius 2 is 1.68 bits per heavy atom. The Morgan fingerprint density at radius 1 is 0.947 bits per heavy atom. The normalized spacial score (nSPS) is 15.9. The van der Waals surface area contributed by atoms with E-state index in [4.69, 9.17) is 0 Å². The van der Waals surface area contributed by atoms with Gasteiger partial charge in [0.05, 0.1) is 4.83 Å². The average molecular weight is 319 g/mol. The molecule has 98 valence electrons. The largest absolute Gasteiger partial charge is 0.207 e. The summed E-state index contributed by atoms with van der Waals surface area (Å²) in [6.07, 6.45) is 4.89. The van der Waals surface area contributed by atoms with Crippen molar-refractivity contribution < 1.29 is 4.39 Å². The molecule has 19 heavy (non-hydrogen) atoms. The SMILES string of the molecule is Fc1ccccc1C(Br)c1ccc2c(c1)CCCC2. The zero-order valence-corrected chi connectivity index (χ0v) is 12.3. The van der Waals surface area contributed by atoms with Crippen molar-refractivity contribution in [2.45, 2.75) is 30.5 Å². The lowest BCUT2D eigenvalue weighted by molar-refractivity contribution is 0.613. The second-order valence-electron chi connectivity index (χ2n) is 5.12. The lowest BCUT2D eigenvalue weighted by Gasteiger charge is -2.19. The Kier molecular flexibility index (Phi) is 3.69. The first kappa shape index (κ1) is 12.9. The van der Waals surface area contributed by atoms with Gasteiger partial charge in [-0.1, -0.05) is 52.3 Å². The molecule has 0 fully saturated rings. The van der Waals surface area contributed by atoms with Crippen molar-refractivity contribution in [3.05, 3.63) is 70.5 Å². The first-order valence-corrected chi connectivity index (χ1v) is 7.67.